The summed E-state index contributed by atoms with van der Waals surface area (Å²) < 4.78 is 46.4. The molecule has 0 bridgehead atoms. The van der Waals surface area contributed by atoms with E-state index >= 15 is 0 Å². The minimum absolute atomic E-state index is 0.00422. The van der Waals surface area contributed by atoms with E-state index in [1.807, 2.05) is 10.7 Å². The molecule has 2 heterocycles. The summed E-state index contributed by atoms with van der Waals surface area (Å²) in [7, 11) is 0. The molecule has 0 spiro atoms. The summed E-state index contributed by atoms with van der Waals surface area (Å²) in [5, 5.41) is 10.3. The zero-order chi connectivity index (χ0) is 21.5. The number of aromatic nitrogens is 4. The van der Waals surface area contributed by atoms with Crippen molar-refractivity contribution in [2.45, 2.75) is 51.2 Å². The summed E-state index contributed by atoms with van der Waals surface area (Å²) in [6, 6.07) is 2.04. The molecular weight excluding hydrogens is 401 g/mol. The van der Waals surface area contributed by atoms with Crippen molar-refractivity contribution in [3.8, 4) is 0 Å². The number of carbonyl (C=O) groups is 1. The first-order valence-corrected chi connectivity index (χ1v) is 10.0. The van der Waals surface area contributed by atoms with Crippen LogP contribution in [0.3, 0.4) is 0 Å². The molecule has 2 atom stereocenters. The van der Waals surface area contributed by atoms with Crippen LogP contribution in [0.25, 0.3) is 0 Å². The van der Waals surface area contributed by atoms with Gasteiger partial charge in [-0.25, -0.2) is 9.67 Å². The number of nitrogens with zero attached hydrogens (tertiary/aromatic N) is 4. The first-order chi connectivity index (χ1) is 14.3. The first-order valence-electron chi connectivity index (χ1n) is 10.0. The van der Waals surface area contributed by atoms with Gasteiger partial charge < -0.3 is 15.4 Å². The maximum Gasteiger partial charge on any atom is 0.421 e. The molecule has 162 valence electrons. The maximum atomic E-state index is 13.2. The van der Waals surface area contributed by atoms with Crippen molar-refractivity contribution < 1.29 is 22.7 Å². The molecule has 0 amide bonds. The average Bonchev–Trinajstić information content (AvgIpc) is 3.60. The molecule has 4 rings (SSSR count). The van der Waals surface area contributed by atoms with E-state index in [1.165, 1.54) is 0 Å². The molecule has 0 aliphatic heterocycles. The molecule has 30 heavy (non-hydrogen) atoms. The molecule has 0 unspecified atom stereocenters. The highest BCUT2D eigenvalue weighted by molar-refractivity contribution is 5.77. The SMILES string of the molecule is CCNc1nc(Nc2cc([C@H]3C[C@H]3C(=O)OCC)nn2C2CC2)ncc1C(F)(F)F. The van der Waals surface area contributed by atoms with Gasteiger partial charge in [0.2, 0.25) is 5.95 Å². The van der Waals surface area contributed by atoms with E-state index in [-0.39, 0.29) is 35.6 Å². The summed E-state index contributed by atoms with van der Waals surface area (Å²) in [5.41, 5.74) is -0.150. The zero-order valence-electron chi connectivity index (χ0n) is 16.7. The van der Waals surface area contributed by atoms with Gasteiger partial charge in [0.05, 0.1) is 24.3 Å². The van der Waals surface area contributed by atoms with Crippen LogP contribution in [0.5, 0.6) is 0 Å². The Morgan fingerprint density at radius 2 is 2.10 bits per heavy atom. The van der Waals surface area contributed by atoms with Gasteiger partial charge in [-0.05, 0) is 33.1 Å². The molecule has 11 heteroatoms. The van der Waals surface area contributed by atoms with Crippen LogP contribution in [0.1, 0.15) is 56.3 Å². The Bertz CT molecular complexity index is 941. The summed E-state index contributed by atoms with van der Waals surface area (Å²) in [6.45, 7) is 4.09. The Hall–Kier alpha value is -2.85. The van der Waals surface area contributed by atoms with Crippen molar-refractivity contribution in [3.05, 3.63) is 23.5 Å². The number of anilines is 3. The number of hydrogen-bond acceptors (Lipinski definition) is 7. The summed E-state index contributed by atoms with van der Waals surface area (Å²) in [6.07, 6.45) is -1.16. The van der Waals surface area contributed by atoms with E-state index in [2.05, 4.69) is 25.7 Å². The fraction of sp³-hybridized carbons (Fsp3) is 0.579. The standard InChI is InChI=1S/C19H23F3N6O2/c1-3-23-16-13(19(20,21)22)9-24-18(26-16)25-15-8-14(27-28(15)10-5-6-10)11-7-12(11)17(29)30-4-2/h8-12H,3-7H2,1-2H3,(H2,23,24,25,26)/t11-,12+/m0/s1. The topological polar surface area (TPSA) is 94.0 Å². The van der Waals surface area contributed by atoms with Crippen LogP contribution in [0, 0.1) is 5.92 Å². The van der Waals surface area contributed by atoms with E-state index < -0.39 is 11.7 Å². The third-order valence-electron chi connectivity index (χ3n) is 5.09. The highest BCUT2D eigenvalue weighted by Crippen LogP contribution is 2.49. The Labute approximate surface area is 171 Å². The number of carbonyl (C=O) groups excluding carboxylic acids is 1. The normalized spacial score (nSPS) is 20.7. The Balaban J connectivity index is 1.57. The lowest BCUT2D eigenvalue weighted by Crippen LogP contribution is -2.14. The van der Waals surface area contributed by atoms with Gasteiger partial charge in [-0.3, -0.25) is 4.79 Å². The maximum absolute atomic E-state index is 13.2. The molecule has 0 saturated heterocycles. The monoisotopic (exact) mass is 424 g/mol. The minimum atomic E-state index is -4.55. The Kier molecular flexibility index (Phi) is 5.29. The number of nitrogens with one attached hydrogen (secondary N) is 2. The highest BCUT2D eigenvalue weighted by atomic mass is 19.4. The fourth-order valence-corrected chi connectivity index (χ4v) is 3.38. The Morgan fingerprint density at radius 3 is 2.73 bits per heavy atom. The first kappa shape index (κ1) is 20.4. The molecule has 0 aromatic carbocycles. The number of halogens is 3. The van der Waals surface area contributed by atoms with Crippen molar-refractivity contribution in [2.24, 2.45) is 5.92 Å². The van der Waals surface area contributed by atoms with Gasteiger partial charge in [-0.2, -0.15) is 23.3 Å². The summed E-state index contributed by atoms with van der Waals surface area (Å²) in [5.74, 6) is -0.0446. The van der Waals surface area contributed by atoms with Crippen LogP contribution >= 0.6 is 0 Å². The predicted octanol–water partition coefficient (Wildman–Crippen LogP) is 3.87. The van der Waals surface area contributed by atoms with E-state index in [1.54, 1.807) is 13.8 Å². The van der Waals surface area contributed by atoms with E-state index in [4.69, 9.17) is 4.74 Å². The lowest BCUT2D eigenvalue weighted by Gasteiger charge is -2.14. The molecule has 2 aromatic heterocycles. The third kappa shape index (κ3) is 4.19. The third-order valence-corrected chi connectivity index (χ3v) is 5.09. The van der Waals surface area contributed by atoms with Crippen LogP contribution < -0.4 is 10.6 Å². The van der Waals surface area contributed by atoms with Crippen molar-refractivity contribution in [1.29, 1.82) is 0 Å². The molecule has 2 N–H and O–H groups in total. The number of alkyl halides is 3. The zero-order valence-corrected chi connectivity index (χ0v) is 16.7. The lowest BCUT2D eigenvalue weighted by atomic mass is 10.2. The van der Waals surface area contributed by atoms with Gasteiger partial charge in [-0.15, -0.1) is 0 Å². The quantitative estimate of drug-likeness (QED) is 0.622. The van der Waals surface area contributed by atoms with Crippen LogP contribution in [0.4, 0.5) is 30.8 Å². The van der Waals surface area contributed by atoms with E-state index in [9.17, 15) is 18.0 Å². The van der Waals surface area contributed by atoms with Gasteiger partial charge in [0.15, 0.2) is 0 Å². The average molecular weight is 424 g/mol. The fourth-order valence-electron chi connectivity index (χ4n) is 3.38. The molecule has 2 saturated carbocycles. The second-order valence-corrected chi connectivity index (χ2v) is 7.44. The largest absolute Gasteiger partial charge is 0.466 e. The van der Waals surface area contributed by atoms with Crippen molar-refractivity contribution in [2.75, 3.05) is 23.8 Å². The smallest absolute Gasteiger partial charge is 0.421 e. The second kappa shape index (κ2) is 7.77. The van der Waals surface area contributed by atoms with Gasteiger partial charge in [0.1, 0.15) is 17.2 Å². The van der Waals surface area contributed by atoms with E-state index in [0.29, 0.717) is 25.4 Å². The number of ether oxygens (including phenoxy) is 1. The molecule has 2 aromatic rings. The summed E-state index contributed by atoms with van der Waals surface area (Å²) in [4.78, 5) is 19.8. The predicted molar refractivity (Wildman–Crippen MR) is 102 cm³/mol. The van der Waals surface area contributed by atoms with Gasteiger partial charge in [-0.1, -0.05) is 0 Å². The van der Waals surface area contributed by atoms with Gasteiger partial charge in [0.25, 0.3) is 0 Å². The van der Waals surface area contributed by atoms with Crippen molar-refractivity contribution >= 4 is 23.6 Å². The van der Waals surface area contributed by atoms with Crippen LogP contribution in [-0.4, -0.2) is 38.9 Å². The van der Waals surface area contributed by atoms with Crippen molar-refractivity contribution in [1.82, 2.24) is 19.7 Å². The van der Waals surface area contributed by atoms with Crippen molar-refractivity contribution in [3.63, 3.8) is 0 Å². The number of esters is 1. The highest BCUT2D eigenvalue weighted by Gasteiger charge is 2.47. The summed E-state index contributed by atoms with van der Waals surface area (Å²) >= 11 is 0. The number of rotatable bonds is 8. The number of hydrogen-bond donors (Lipinski definition) is 2. The van der Waals surface area contributed by atoms with Crippen LogP contribution in [0.15, 0.2) is 12.3 Å². The molecule has 2 fully saturated rings. The van der Waals surface area contributed by atoms with E-state index in [0.717, 1.165) is 24.7 Å². The van der Waals surface area contributed by atoms with Crippen LogP contribution in [0.2, 0.25) is 0 Å². The van der Waals surface area contributed by atoms with Gasteiger partial charge >= 0.3 is 12.1 Å². The molecule has 2 aliphatic rings. The molecule has 2 aliphatic carbocycles. The second-order valence-electron chi connectivity index (χ2n) is 7.44. The lowest BCUT2D eigenvalue weighted by molar-refractivity contribution is -0.144. The minimum Gasteiger partial charge on any atom is -0.466 e. The Morgan fingerprint density at radius 1 is 1.33 bits per heavy atom. The molecule has 8 nitrogen and oxygen atoms in total. The molecular formula is C19H23F3N6O2. The van der Waals surface area contributed by atoms with Gasteiger partial charge in [0, 0.05) is 24.7 Å². The molecule has 0 radical (unpaired) electrons. The van der Waals surface area contributed by atoms with Crippen LogP contribution in [-0.2, 0) is 15.7 Å².